The molecule has 0 saturated carbocycles. The van der Waals surface area contributed by atoms with Gasteiger partial charge in [0.25, 0.3) is 0 Å². The predicted octanol–water partition coefficient (Wildman–Crippen LogP) is 1.44. The highest BCUT2D eigenvalue weighted by Gasteiger charge is 2.04. The molecule has 16 heavy (non-hydrogen) atoms. The number of hydrogen-bond donors (Lipinski definition) is 1. The molecule has 86 valence electrons. The SMILES string of the molecule is CC(N)=NC=Cc1ccc(S(C)(=O)=O)cc1. The van der Waals surface area contributed by atoms with Crippen molar-refractivity contribution in [2.75, 3.05) is 6.26 Å². The lowest BCUT2D eigenvalue weighted by atomic mass is 10.2. The van der Waals surface area contributed by atoms with E-state index < -0.39 is 9.84 Å². The minimum Gasteiger partial charge on any atom is -0.387 e. The van der Waals surface area contributed by atoms with Gasteiger partial charge in [0, 0.05) is 12.5 Å². The van der Waals surface area contributed by atoms with Crippen molar-refractivity contribution in [1.82, 2.24) is 0 Å². The van der Waals surface area contributed by atoms with Gasteiger partial charge >= 0.3 is 0 Å². The third-order valence-electron chi connectivity index (χ3n) is 1.85. The highest BCUT2D eigenvalue weighted by atomic mass is 32.2. The molecular formula is C11H14N2O2S. The van der Waals surface area contributed by atoms with E-state index in [0.29, 0.717) is 10.7 Å². The summed E-state index contributed by atoms with van der Waals surface area (Å²) in [6.45, 7) is 1.69. The number of nitrogens with two attached hydrogens (primary N) is 1. The van der Waals surface area contributed by atoms with Crippen LogP contribution in [-0.4, -0.2) is 20.5 Å². The number of benzene rings is 1. The molecule has 0 aliphatic rings. The Morgan fingerprint density at radius 1 is 1.31 bits per heavy atom. The molecule has 0 radical (unpaired) electrons. The van der Waals surface area contributed by atoms with E-state index in [2.05, 4.69) is 4.99 Å². The fourth-order valence-electron chi connectivity index (χ4n) is 1.07. The third-order valence-corrected chi connectivity index (χ3v) is 2.98. The molecule has 1 rings (SSSR count). The van der Waals surface area contributed by atoms with Gasteiger partial charge in [-0.2, -0.15) is 0 Å². The van der Waals surface area contributed by atoms with E-state index in [9.17, 15) is 8.42 Å². The molecule has 0 heterocycles. The second-order valence-corrected chi connectivity index (χ2v) is 5.44. The zero-order valence-corrected chi connectivity index (χ0v) is 10.0. The maximum Gasteiger partial charge on any atom is 0.175 e. The number of rotatable bonds is 3. The summed E-state index contributed by atoms with van der Waals surface area (Å²) in [6.07, 6.45) is 4.51. The lowest BCUT2D eigenvalue weighted by Crippen LogP contribution is -2.03. The summed E-state index contributed by atoms with van der Waals surface area (Å²) < 4.78 is 22.4. The van der Waals surface area contributed by atoms with Crippen molar-refractivity contribution in [3.05, 3.63) is 36.0 Å². The molecule has 1 aromatic rings. The summed E-state index contributed by atoms with van der Waals surface area (Å²) in [6, 6.07) is 6.56. The molecule has 0 bridgehead atoms. The zero-order chi connectivity index (χ0) is 12.2. The highest BCUT2D eigenvalue weighted by molar-refractivity contribution is 7.90. The molecule has 0 fully saturated rings. The highest BCUT2D eigenvalue weighted by Crippen LogP contribution is 2.11. The van der Waals surface area contributed by atoms with Gasteiger partial charge in [0.1, 0.15) is 0 Å². The normalized spacial score (nSPS) is 13.2. The first-order valence-corrected chi connectivity index (χ1v) is 6.55. The van der Waals surface area contributed by atoms with Crippen molar-refractivity contribution in [2.45, 2.75) is 11.8 Å². The van der Waals surface area contributed by atoms with Crippen LogP contribution in [0.15, 0.2) is 40.4 Å². The van der Waals surface area contributed by atoms with Gasteiger partial charge in [0.05, 0.1) is 10.7 Å². The van der Waals surface area contributed by atoms with Gasteiger partial charge in [-0.15, -0.1) is 0 Å². The van der Waals surface area contributed by atoms with Gasteiger partial charge in [-0.3, -0.25) is 0 Å². The maximum absolute atomic E-state index is 11.2. The molecule has 0 spiro atoms. The molecular weight excluding hydrogens is 224 g/mol. The minimum atomic E-state index is -3.13. The van der Waals surface area contributed by atoms with E-state index in [1.807, 2.05) is 0 Å². The minimum absolute atomic E-state index is 0.308. The molecule has 0 aliphatic carbocycles. The Labute approximate surface area is 95.4 Å². The number of aliphatic imine (C=N–C) groups is 1. The summed E-state index contributed by atoms with van der Waals surface area (Å²) in [5, 5.41) is 0. The number of nitrogens with zero attached hydrogens (tertiary/aromatic N) is 1. The molecule has 0 aromatic heterocycles. The van der Waals surface area contributed by atoms with Gasteiger partial charge in [0.15, 0.2) is 9.84 Å². The van der Waals surface area contributed by atoms with Crippen LogP contribution >= 0.6 is 0 Å². The first kappa shape index (κ1) is 12.4. The average molecular weight is 238 g/mol. The second kappa shape index (κ2) is 4.94. The van der Waals surface area contributed by atoms with Gasteiger partial charge in [-0.25, -0.2) is 13.4 Å². The van der Waals surface area contributed by atoms with Crippen LogP contribution in [0.1, 0.15) is 12.5 Å². The third kappa shape index (κ3) is 3.86. The van der Waals surface area contributed by atoms with Crippen LogP contribution in [0.5, 0.6) is 0 Å². The van der Waals surface area contributed by atoms with E-state index in [0.717, 1.165) is 5.56 Å². The second-order valence-electron chi connectivity index (χ2n) is 3.43. The molecule has 1 aromatic carbocycles. The molecule has 0 amide bonds. The lowest BCUT2D eigenvalue weighted by Gasteiger charge is -1.98. The van der Waals surface area contributed by atoms with Gasteiger partial charge in [-0.1, -0.05) is 12.1 Å². The Morgan fingerprint density at radius 3 is 2.31 bits per heavy atom. The maximum atomic E-state index is 11.2. The van der Waals surface area contributed by atoms with Gasteiger partial charge in [-0.05, 0) is 30.7 Å². The number of hydrogen-bond acceptors (Lipinski definition) is 3. The largest absolute Gasteiger partial charge is 0.387 e. The van der Waals surface area contributed by atoms with E-state index in [-0.39, 0.29) is 0 Å². The van der Waals surface area contributed by atoms with Crippen molar-refractivity contribution in [2.24, 2.45) is 10.7 Å². The Kier molecular flexibility index (Phi) is 3.84. The van der Waals surface area contributed by atoms with Crippen molar-refractivity contribution in [3.63, 3.8) is 0 Å². The van der Waals surface area contributed by atoms with Crippen molar-refractivity contribution in [3.8, 4) is 0 Å². The molecule has 0 saturated heterocycles. The van der Waals surface area contributed by atoms with Gasteiger partial charge in [0.2, 0.25) is 0 Å². The summed E-state index contributed by atoms with van der Waals surface area (Å²) in [4.78, 5) is 4.20. The Balaban J connectivity index is 2.88. The summed E-state index contributed by atoms with van der Waals surface area (Å²) >= 11 is 0. The zero-order valence-electron chi connectivity index (χ0n) is 9.21. The van der Waals surface area contributed by atoms with E-state index in [1.165, 1.54) is 6.26 Å². The summed E-state index contributed by atoms with van der Waals surface area (Å²) in [5.41, 5.74) is 6.23. The number of sulfone groups is 1. The Bertz CT molecular complexity index is 509. The average Bonchev–Trinajstić information content (AvgIpc) is 2.16. The quantitative estimate of drug-likeness (QED) is 0.639. The Morgan fingerprint density at radius 2 is 1.88 bits per heavy atom. The van der Waals surface area contributed by atoms with Gasteiger partial charge < -0.3 is 5.73 Å². The molecule has 5 heteroatoms. The van der Waals surface area contributed by atoms with Crippen LogP contribution in [0.2, 0.25) is 0 Å². The molecule has 0 unspecified atom stereocenters. The van der Waals surface area contributed by atoms with E-state index in [4.69, 9.17) is 5.73 Å². The topological polar surface area (TPSA) is 72.5 Å². The fourth-order valence-corrected chi connectivity index (χ4v) is 1.70. The van der Waals surface area contributed by atoms with Crippen LogP contribution in [0.4, 0.5) is 0 Å². The van der Waals surface area contributed by atoms with Crippen LogP contribution in [-0.2, 0) is 9.84 Å². The first-order valence-electron chi connectivity index (χ1n) is 4.66. The van der Waals surface area contributed by atoms with Crippen LogP contribution < -0.4 is 5.73 Å². The van der Waals surface area contributed by atoms with Crippen LogP contribution in [0.25, 0.3) is 6.08 Å². The van der Waals surface area contributed by atoms with Crippen molar-refractivity contribution in [1.29, 1.82) is 0 Å². The van der Waals surface area contributed by atoms with Crippen LogP contribution in [0.3, 0.4) is 0 Å². The number of amidine groups is 1. The van der Waals surface area contributed by atoms with E-state index in [1.54, 1.807) is 43.5 Å². The summed E-state index contributed by atoms with van der Waals surface area (Å²) in [5.74, 6) is 0.476. The smallest absolute Gasteiger partial charge is 0.175 e. The molecule has 0 aliphatic heterocycles. The monoisotopic (exact) mass is 238 g/mol. The van der Waals surface area contributed by atoms with Crippen LogP contribution in [0, 0.1) is 0 Å². The molecule has 4 nitrogen and oxygen atoms in total. The van der Waals surface area contributed by atoms with E-state index >= 15 is 0 Å². The molecule has 0 atom stereocenters. The lowest BCUT2D eigenvalue weighted by molar-refractivity contribution is 0.602. The predicted molar refractivity (Wildman–Crippen MR) is 65.9 cm³/mol. The summed E-state index contributed by atoms with van der Waals surface area (Å²) in [7, 11) is -3.13. The first-order chi connectivity index (χ1) is 7.39. The fraction of sp³-hybridized carbons (Fsp3) is 0.182. The van der Waals surface area contributed by atoms with Crippen molar-refractivity contribution >= 4 is 21.7 Å². The standard InChI is InChI=1S/C11H14N2O2S/c1-9(12)13-8-7-10-3-5-11(6-4-10)16(2,14)15/h3-8H,1-2H3,(H2,12,13). The molecule has 2 N–H and O–H groups in total. The van der Waals surface area contributed by atoms with Crippen molar-refractivity contribution < 1.29 is 8.42 Å². The Hall–Kier alpha value is -1.62.